The second kappa shape index (κ2) is 6.32. The molecule has 4 N–H and O–H groups in total. The van der Waals surface area contributed by atoms with Gasteiger partial charge in [0.15, 0.2) is 5.78 Å². The minimum atomic E-state index is -0.746. The molecule has 0 spiro atoms. The summed E-state index contributed by atoms with van der Waals surface area (Å²) in [6, 6.07) is 7.30. The summed E-state index contributed by atoms with van der Waals surface area (Å²) in [5, 5.41) is 3.66. The van der Waals surface area contributed by atoms with Gasteiger partial charge in [-0.3, -0.25) is 9.59 Å². The summed E-state index contributed by atoms with van der Waals surface area (Å²) in [7, 11) is 1.57. The summed E-state index contributed by atoms with van der Waals surface area (Å²) < 4.78 is 0. The van der Waals surface area contributed by atoms with E-state index in [-0.39, 0.29) is 18.1 Å². The summed E-state index contributed by atoms with van der Waals surface area (Å²) >= 11 is 0. The summed E-state index contributed by atoms with van der Waals surface area (Å²) in [5.41, 5.74) is 7.36. The lowest BCUT2D eigenvalue weighted by molar-refractivity contribution is -0.134. The van der Waals surface area contributed by atoms with Crippen molar-refractivity contribution >= 4 is 22.6 Å². The largest absolute Gasteiger partial charge is 0.361 e. The van der Waals surface area contributed by atoms with Crippen LogP contribution in [-0.2, 0) is 16.0 Å². The molecule has 1 unspecified atom stereocenters. The molecule has 118 valence electrons. The van der Waals surface area contributed by atoms with Crippen molar-refractivity contribution in [1.82, 2.24) is 10.3 Å². The SMILES string of the molecule is CNC(=O)C(C)(C)CC(=O)C(N)Cc1c[nH]c2ccccc12. The number of amides is 1. The molecule has 2 rings (SSSR count). The van der Waals surface area contributed by atoms with Gasteiger partial charge in [0.05, 0.1) is 11.5 Å². The molecule has 22 heavy (non-hydrogen) atoms. The molecular weight excluding hydrogens is 278 g/mol. The van der Waals surface area contributed by atoms with Gasteiger partial charge in [-0.1, -0.05) is 32.0 Å². The first kappa shape index (κ1) is 16.2. The van der Waals surface area contributed by atoms with Crippen molar-refractivity contribution in [2.45, 2.75) is 32.7 Å². The quantitative estimate of drug-likeness (QED) is 0.760. The number of rotatable bonds is 6. The summed E-state index contributed by atoms with van der Waals surface area (Å²) in [4.78, 5) is 27.3. The van der Waals surface area contributed by atoms with Crippen LogP contribution in [0.5, 0.6) is 0 Å². The maximum Gasteiger partial charge on any atom is 0.225 e. The van der Waals surface area contributed by atoms with Crippen LogP contribution in [0.4, 0.5) is 0 Å². The van der Waals surface area contributed by atoms with Gasteiger partial charge in [-0.25, -0.2) is 0 Å². The van der Waals surface area contributed by atoms with Crippen LogP contribution in [0.1, 0.15) is 25.8 Å². The van der Waals surface area contributed by atoms with E-state index in [2.05, 4.69) is 10.3 Å². The molecule has 0 radical (unpaired) electrons. The number of H-pyrrole nitrogens is 1. The van der Waals surface area contributed by atoms with E-state index in [1.807, 2.05) is 30.5 Å². The summed E-state index contributed by atoms with van der Waals surface area (Å²) in [6.07, 6.45) is 2.49. The second-order valence-electron chi connectivity index (χ2n) is 6.28. The fourth-order valence-electron chi connectivity index (χ4n) is 2.64. The zero-order chi connectivity index (χ0) is 16.3. The molecule has 0 aliphatic rings. The molecule has 1 heterocycles. The number of fused-ring (bicyclic) bond motifs is 1. The number of Topliss-reactive ketones (excluding diaryl/α,β-unsaturated/α-hetero) is 1. The molecule has 1 amide bonds. The van der Waals surface area contributed by atoms with E-state index >= 15 is 0 Å². The minimum absolute atomic E-state index is 0.0983. The molecule has 0 bridgehead atoms. The molecule has 0 aliphatic heterocycles. The Morgan fingerprint density at radius 3 is 2.68 bits per heavy atom. The number of nitrogens with two attached hydrogens (primary N) is 1. The Morgan fingerprint density at radius 1 is 1.32 bits per heavy atom. The highest BCUT2D eigenvalue weighted by atomic mass is 16.2. The molecule has 0 saturated heterocycles. The number of benzene rings is 1. The number of hydrogen-bond acceptors (Lipinski definition) is 3. The van der Waals surface area contributed by atoms with Gasteiger partial charge in [-0.15, -0.1) is 0 Å². The van der Waals surface area contributed by atoms with Gasteiger partial charge >= 0.3 is 0 Å². The van der Waals surface area contributed by atoms with Crippen LogP contribution in [-0.4, -0.2) is 29.8 Å². The topological polar surface area (TPSA) is 88.0 Å². The highest BCUT2D eigenvalue weighted by Crippen LogP contribution is 2.23. The normalized spacial score (nSPS) is 13.1. The Kier molecular flexibility index (Phi) is 4.66. The standard InChI is InChI=1S/C17H23N3O2/c1-17(2,16(22)19-3)9-15(21)13(18)8-11-10-20-14-7-5-4-6-12(11)14/h4-7,10,13,20H,8-9,18H2,1-3H3,(H,19,22). The fraction of sp³-hybridized carbons (Fsp3) is 0.412. The first-order valence-electron chi connectivity index (χ1n) is 7.40. The first-order valence-corrected chi connectivity index (χ1v) is 7.40. The van der Waals surface area contributed by atoms with Gasteiger partial charge in [0.2, 0.25) is 5.91 Å². The predicted molar refractivity (Wildman–Crippen MR) is 87.4 cm³/mol. The first-order chi connectivity index (χ1) is 10.3. The summed E-state index contributed by atoms with van der Waals surface area (Å²) in [5.74, 6) is -0.251. The molecule has 0 fully saturated rings. The van der Waals surface area contributed by atoms with Crippen molar-refractivity contribution in [3.05, 3.63) is 36.0 Å². The van der Waals surface area contributed by atoms with E-state index in [4.69, 9.17) is 5.73 Å². The zero-order valence-electron chi connectivity index (χ0n) is 13.3. The number of nitrogens with one attached hydrogen (secondary N) is 2. The summed E-state index contributed by atoms with van der Waals surface area (Å²) in [6.45, 7) is 3.50. The van der Waals surface area contributed by atoms with E-state index in [0.29, 0.717) is 6.42 Å². The molecular formula is C17H23N3O2. The second-order valence-corrected chi connectivity index (χ2v) is 6.28. The lowest BCUT2D eigenvalue weighted by Crippen LogP contribution is -2.41. The third-order valence-electron chi connectivity index (χ3n) is 3.99. The third-order valence-corrected chi connectivity index (χ3v) is 3.99. The van der Waals surface area contributed by atoms with Crippen LogP contribution in [0.2, 0.25) is 0 Å². The molecule has 1 aromatic heterocycles. The molecule has 0 saturated carbocycles. The van der Waals surface area contributed by atoms with Crippen LogP contribution < -0.4 is 11.1 Å². The van der Waals surface area contributed by atoms with Gasteiger partial charge in [0.1, 0.15) is 0 Å². The van der Waals surface area contributed by atoms with E-state index in [0.717, 1.165) is 16.5 Å². The van der Waals surface area contributed by atoms with E-state index in [9.17, 15) is 9.59 Å². The lowest BCUT2D eigenvalue weighted by atomic mass is 9.84. The van der Waals surface area contributed by atoms with Gasteiger partial charge < -0.3 is 16.0 Å². The zero-order valence-corrected chi connectivity index (χ0v) is 13.3. The molecule has 5 nitrogen and oxygen atoms in total. The van der Waals surface area contributed by atoms with Gasteiger partial charge in [0.25, 0.3) is 0 Å². The van der Waals surface area contributed by atoms with Gasteiger partial charge in [-0.2, -0.15) is 0 Å². The Morgan fingerprint density at radius 2 is 2.00 bits per heavy atom. The number of aromatic amines is 1. The molecule has 2 aromatic rings. The maximum absolute atomic E-state index is 12.3. The van der Waals surface area contributed by atoms with Gasteiger partial charge in [-0.05, 0) is 18.1 Å². The van der Waals surface area contributed by atoms with Crippen molar-refractivity contribution in [2.24, 2.45) is 11.1 Å². The lowest BCUT2D eigenvalue weighted by Gasteiger charge is -2.23. The minimum Gasteiger partial charge on any atom is -0.361 e. The molecule has 5 heteroatoms. The Hall–Kier alpha value is -2.14. The van der Waals surface area contributed by atoms with Crippen molar-refractivity contribution in [2.75, 3.05) is 7.05 Å². The molecule has 1 aromatic carbocycles. The van der Waals surface area contributed by atoms with Crippen LogP contribution in [0.15, 0.2) is 30.5 Å². The average molecular weight is 301 g/mol. The Balaban J connectivity index is 2.07. The predicted octanol–water partition coefficient (Wildman–Crippen LogP) is 1.77. The number of aromatic nitrogens is 1. The van der Waals surface area contributed by atoms with Crippen LogP contribution in [0.25, 0.3) is 10.9 Å². The van der Waals surface area contributed by atoms with Crippen molar-refractivity contribution in [1.29, 1.82) is 0 Å². The smallest absolute Gasteiger partial charge is 0.225 e. The maximum atomic E-state index is 12.3. The van der Waals surface area contributed by atoms with E-state index < -0.39 is 11.5 Å². The molecule has 0 aliphatic carbocycles. The average Bonchev–Trinajstić information content (AvgIpc) is 2.89. The van der Waals surface area contributed by atoms with Crippen LogP contribution >= 0.6 is 0 Å². The van der Waals surface area contributed by atoms with Crippen LogP contribution in [0, 0.1) is 5.41 Å². The number of hydrogen-bond donors (Lipinski definition) is 3. The number of para-hydroxylation sites is 1. The monoisotopic (exact) mass is 301 g/mol. The van der Waals surface area contributed by atoms with Gasteiger partial charge in [0, 0.05) is 30.6 Å². The Bertz CT molecular complexity index is 688. The Labute approximate surface area is 130 Å². The van der Waals surface area contributed by atoms with E-state index in [1.54, 1.807) is 20.9 Å². The van der Waals surface area contributed by atoms with E-state index in [1.165, 1.54) is 0 Å². The number of carbonyl (C=O) groups excluding carboxylic acids is 2. The molecule has 1 atom stereocenters. The van der Waals surface area contributed by atoms with Crippen LogP contribution in [0.3, 0.4) is 0 Å². The highest BCUT2D eigenvalue weighted by molar-refractivity contribution is 5.92. The van der Waals surface area contributed by atoms with Crippen molar-refractivity contribution in [3.8, 4) is 0 Å². The fourth-order valence-corrected chi connectivity index (χ4v) is 2.64. The highest BCUT2D eigenvalue weighted by Gasteiger charge is 2.31. The van der Waals surface area contributed by atoms with Crippen molar-refractivity contribution < 1.29 is 9.59 Å². The van der Waals surface area contributed by atoms with Crippen molar-refractivity contribution in [3.63, 3.8) is 0 Å². The number of ketones is 1. The number of carbonyl (C=O) groups is 2. The third kappa shape index (κ3) is 3.36.